The topological polar surface area (TPSA) is 129 Å². The molecule has 4 amide bonds. The standard InChI is InChI=1S/C17H24N4O5/c1-11(2)16(3,10-18)19-12(22)9-26-13(23)8-21-14(24)17(20-15(21)25)6-4-5-7-17/h11H,4-9H2,1-3H3,(H,19,22)(H,20,25)/t16-/m1/s1. The minimum Gasteiger partial charge on any atom is -0.454 e. The zero-order valence-electron chi connectivity index (χ0n) is 15.3. The van der Waals surface area contributed by atoms with Crippen LogP contribution in [0.5, 0.6) is 0 Å². The molecule has 2 rings (SSSR count). The maximum Gasteiger partial charge on any atom is 0.326 e. The number of carbonyl (C=O) groups excluding carboxylic acids is 4. The van der Waals surface area contributed by atoms with Crippen molar-refractivity contribution in [3.05, 3.63) is 0 Å². The molecule has 9 nitrogen and oxygen atoms in total. The van der Waals surface area contributed by atoms with E-state index in [4.69, 9.17) is 10.00 Å². The van der Waals surface area contributed by atoms with Crippen molar-refractivity contribution in [2.75, 3.05) is 13.2 Å². The first-order valence-electron chi connectivity index (χ1n) is 8.65. The number of hydrogen-bond acceptors (Lipinski definition) is 6. The number of imide groups is 1. The van der Waals surface area contributed by atoms with E-state index in [2.05, 4.69) is 10.6 Å². The molecule has 26 heavy (non-hydrogen) atoms. The van der Waals surface area contributed by atoms with Crippen LogP contribution in [0.4, 0.5) is 4.79 Å². The fourth-order valence-corrected chi connectivity index (χ4v) is 3.09. The number of esters is 1. The molecular formula is C17H24N4O5. The quantitative estimate of drug-likeness (QED) is 0.520. The van der Waals surface area contributed by atoms with Crippen LogP contribution >= 0.6 is 0 Å². The Morgan fingerprint density at radius 2 is 2.00 bits per heavy atom. The maximum absolute atomic E-state index is 12.4. The van der Waals surface area contributed by atoms with Gasteiger partial charge in [-0.25, -0.2) is 4.79 Å². The normalized spacial score (nSPS) is 20.7. The lowest BCUT2D eigenvalue weighted by atomic mass is 9.90. The fourth-order valence-electron chi connectivity index (χ4n) is 3.09. The Bertz CT molecular complexity index is 663. The van der Waals surface area contributed by atoms with Crippen molar-refractivity contribution in [1.82, 2.24) is 15.5 Å². The SMILES string of the molecule is CC(C)[C@@](C)(C#N)NC(=O)COC(=O)CN1C(=O)NC2(CCCC2)C1=O. The van der Waals surface area contributed by atoms with Gasteiger partial charge in [-0.15, -0.1) is 0 Å². The first kappa shape index (κ1) is 19.7. The predicted molar refractivity (Wildman–Crippen MR) is 89.4 cm³/mol. The van der Waals surface area contributed by atoms with Gasteiger partial charge in [-0.05, 0) is 25.7 Å². The average molecular weight is 364 g/mol. The zero-order valence-corrected chi connectivity index (χ0v) is 15.3. The number of nitrogens with zero attached hydrogens (tertiary/aromatic N) is 2. The molecule has 142 valence electrons. The van der Waals surface area contributed by atoms with Crippen LogP contribution in [0.2, 0.25) is 0 Å². The molecule has 2 aliphatic rings. The number of rotatable bonds is 6. The van der Waals surface area contributed by atoms with Crippen LogP contribution in [0.3, 0.4) is 0 Å². The van der Waals surface area contributed by atoms with E-state index in [0.717, 1.165) is 17.7 Å². The van der Waals surface area contributed by atoms with E-state index in [9.17, 15) is 19.2 Å². The van der Waals surface area contributed by atoms with Gasteiger partial charge in [0.15, 0.2) is 6.61 Å². The third kappa shape index (κ3) is 3.79. The molecule has 1 atom stereocenters. The highest BCUT2D eigenvalue weighted by molar-refractivity contribution is 6.08. The number of nitriles is 1. The molecule has 0 aromatic rings. The van der Waals surface area contributed by atoms with Crippen molar-refractivity contribution in [2.24, 2.45) is 5.92 Å². The average Bonchev–Trinajstić information content (AvgIpc) is 3.14. The lowest BCUT2D eigenvalue weighted by Crippen LogP contribution is -2.50. The minimum absolute atomic E-state index is 0.138. The molecule has 0 bridgehead atoms. The molecule has 1 aliphatic carbocycles. The highest BCUT2D eigenvalue weighted by atomic mass is 16.5. The number of nitrogens with one attached hydrogen (secondary N) is 2. The molecule has 2 fully saturated rings. The monoisotopic (exact) mass is 364 g/mol. The second-order valence-electron chi connectivity index (χ2n) is 7.29. The molecular weight excluding hydrogens is 340 g/mol. The molecule has 0 aromatic heterocycles. The number of amides is 4. The molecule has 1 saturated carbocycles. The Kier molecular flexibility index (Phi) is 5.54. The van der Waals surface area contributed by atoms with Crippen LogP contribution in [0.1, 0.15) is 46.5 Å². The summed E-state index contributed by atoms with van der Waals surface area (Å²) in [5.41, 5.74) is -1.97. The summed E-state index contributed by atoms with van der Waals surface area (Å²) in [7, 11) is 0. The first-order valence-corrected chi connectivity index (χ1v) is 8.65. The van der Waals surface area contributed by atoms with E-state index < -0.39 is 48.0 Å². The summed E-state index contributed by atoms with van der Waals surface area (Å²) >= 11 is 0. The Balaban J connectivity index is 1.86. The van der Waals surface area contributed by atoms with Crippen LogP contribution in [0, 0.1) is 17.2 Å². The predicted octanol–water partition coefficient (Wildman–Crippen LogP) is 0.449. The molecule has 0 aromatic carbocycles. The third-order valence-corrected chi connectivity index (χ3v) is 5.14. The Labute approximate surface area is 152 Å². The third-order valence-electron chi connectivity index (χ3n) is 5.14. The number of carbonyl (C=O) groups is 4. The van der Waals surface area contributed by atoms with Crippen molar-refractivity contribution in [1.29, 1.82) is 5.26 Å². The molecule has 1 heterocycles. The lowest BCUT2D eigenvalue weighted by molar-refractivity contribution is -0.151. The van der Waals surface area contributed by atoms with Crippen LogP contribution in [0.15, 0.2) is 0 Å². The second kappa shape index (κ2) is 7.32. The molecule has 0 radical (unpaired) electrons. The molecule has 9 heteroatoms. The van der Waals surface area contributed by atoms with Crippen molar-refractivity contribution < 1.29 is 23.9 Å². The molecule has 1 saturated heterocycles. The zero-order chi connectivity index (χ0) is 19.5. The largest absolute Gasteiger partial charge is 0.454 e. The fraction of sp³-hybridized carbons (Fsp3) is 0.706. The van der Waals surface area contributed by atoms with Gasteiger partial charge in [0.2, 0.25) is 0 Å². The summed E-state index contributed by atoms with van der Waals surface area (Å²) < 4.78 is 4.85. The highest BCUT2D eigenvalue weighted by Crippen LogP contribution is 2.34. The molecule has 2 N–H and O–H groups in total. The van der Waals surface area contributed by atoms with Crippen LogP contribution in [-0.2, 0) is 19.1 Å². The van der Waals surface area contributed by atoms with E-state index in [0.29, 0.717) is 12.8 Å². The van der Waals surface area contributed by atoms with E-state index in [1.54, 1.807) is 20.8 Å². The van der Waals surface area contributed by atoms with Gasteiger partial charge in [0, 0.05) is 0 Å². The van der Waals surface area contributed by atoms with E-state index >= 15 is 0 Å². The summed E-state index contributed by atoms with van der Waals surface area (Å²) in [5, 5.41) is 14.3. The van der Waals surface area contributed by atoms with Gasteiger partial charge in [0.05, 0.1) is 6.07 Å². The number of ether oxygens (including phenoxy) is 1. The number of hydrogen-bond donors (Lipinski definition) is 2. The van der Waals surface area contributed by atoms with Gasteiger partial charge in [-0.2, -0.15) is 5.26 Å². The summed E-state index contributed by atoms with van der Waals surface area (Å²) in [4.78, 5) is 49.1. The van der Waals surface area contributed by atoms with Gasteiger partial charge in [0.25, 0.3) is 11.8 Å². The summed E-state index contributed by atoms with van der Waals surface area (Å²) in [5.74, 6) is -2.04. The minimum atomic E-state index is -1.08. The van der Waals surface area contributed by atoms with E-state index in [1.165, 1.54) is 0 Å². The van der Waals surface area contributed by atoms with Gasteiger partial charge < -0.3 is 15.4 Å². The van der Waals surface area contributed by atoms with E-state index in [1.807, 2.05) is 6.07 Å². The highest BCUT2D eigenvalue weighted by Gasteiger charge is 2.52. The molecule has 1 spiro atoms. The van der Waals surface area contributed by atoms with Gasteiger partial charge >= 0.3 is 12.0 Å². The van der Waals surface area contributed by atoms with Crippen molar-refractivity contribution in [3.8, 4) is 6.07 Å². The smallest absolute Gasteiger partial charge is 0.326 e. The second-order valence-corrected chi connectivity index (χ2v) is 7.29. The summed E-state index contributed by atoms with van der Waals surface area (Å²) in [6, 6.07) is 1.40. The lowest BCUT2D eigenvalue weighted by Gasteiger charge is -2.27. The van der Waals surface area contributed by atoms with Crippen LogP contribution in [0.25, 0.3) is 0 Å². The number of urea groups is 1. The van der Waals surface area contributed by atoms with Gasteiger partial charge in [-0.1, -0.05) is 26.7 Å². The van der Waals surface area contributed by atoms with Gasteiger partial charge in [0.1, 0.15) is 17.6 Å². The van der Waals surface area contributed by atoms with Crippen LogP contribution < -0.4 is 10.6 Å². The Morgan fingerprint density at radius 1 is 1.38 bits per heavy atom. The van der Waals surface area contributed by atoms with Crippen LogP contribution in [-0.4, -0.2) is 52.9 Å². The molecule has 1 aliphatic heterocycles. The maximum atomic E-state index is 12.4. The summed E-state index contributed by atoms with van der Waals surface area (Å²) in [6.07, 6.45) is 2.82. The Morgan fingerprint density at radius 3 is 2.54 bits per heavy atom. The van der Waals surface area contributed by atoms with Crippen molar-refractivity contribution >= 4 is 23.8 Å². The van der Waals surface area contributed by atoms with Gasteiger partial charge in [-0.3, -0.25) is 19.3 Å². The van der Waals surface area contributed by atoms with Crippen molar-refractivity contribution in [3.63, 3.8) is 0 Å². The van der Waals surface area contributed by atoms with Crippen molar-refractivity contribution in [2.45, 2.75) is 57.5 Å². The van der Waals surface area contributed by atoms with E-state index in [-0.39, 0.29) is 5.92 Å². The molecule has 0 unspecified atom stereocenters. The summed E-state index contributed by atoms with van der Waals surface area (Å²) in [6.45, 7) is 4.01. The first-order chi connectivity index (χ1) is 12.1. The Hall–Kier alpha value is -2.63.